The average Bonchev–Trinajstić information content (AvgIpc) is 2.71. The van der Waals surface area contributed by atoms with Gasteiger partial charge in [0.1, 0.15) is 20.0 Å². The molecule has 34 heteroatoms. The lowest BCUT2D eigenvalue weighted by Gasteiger charge is -2.22. The molecule has 44 heavy (non-hydrogen) atoms. The topological polar surface area (TPSA) is 242 Å². The zero-order valence-electron chi connectivity index (χ0n) is 21.3. The Labute approximate surface area is 241 Å². The van der Waals surface area contributed by atoms with E-state index in [2.05, 4.69) is 4.18 Å². The number of nitrogens with zero attached hydrogens (tertiary/aromatic N) is 2. The van der Waals surface area contributed by atoms with Gasteiger partial charge in [0, 0.05) is 13.2 Å². The third-order valence-electron chi connectivity index (χ3n) is 2.31. The van der Waals surface area contributed by atoms with Gasteiger partial charge in [0.15, 0.2) is 26.1 Å². The van der Waals surface area contributed by atoms with E-state index in [1.165, 1.54) is 0 Å². The van der Waals surface area contributed by atoms with Gasteiger partial charge in [-0.1, -0.05) is 0 Å². The molecule has 0 unspecified atom stereocenters. The van der Waals surface area contributed by atoms with Gasteiger partial charge in [-0.15, -0.1) is 0 Å². The summed E-state index contributed by atoms with van der Waals surface area (Å²) in [6, 6.07) is -2.14. The highest BCUT2D eigenvalue weighted by Crippen LogP contribution is 2.36. The van der Waals surface area contributed by atoms with Crippen LogP contribution < -0.4 is 0 Å². The largest absolute Gasteiger partial charge is 0.497 e. The zero-order valence-corrected chi connectivity index (χ0v) is 26.2. The first-order valence-electron chi connectivity index (χ1n) is 8.45. The van der Waals surface area contributed by atoms with Crippen molar-refractivity contribution in [3.05, 3.63) is 8.25 Å². The number of rotatable bonds is 7. The van der Waals surface area contributed by atoms with E-state index in [4.69, 9.17) is 0 Å². The number of sulfonamides is 4. The molecule has 0 aromatic carbocycles. The zero-order chi connectivity index (χ0) is 37.8. The van der Waals surface area contributed by atoms with Gasteiger partial charge in [-0.2, -0.15) is 56.7 Å². The minimum Gasteiger partial charge on any atom is -0.429 e. The van der Waals surface area contributed by atoms with E-state index in [1.807, 2.05) is 0 Å². The van der Waals surface area contributed by atoms with Crippen LogP contribution in [-0.4, -0.2) is 105 Å². The first-order valence-corrected chi connectivity index (χ1v) is 18.1. The Bertz CT molecular complexity index is 1480. The molecule has 0 aromatic heterocycles. The van der Waals surface area contributed by atoms with Gasteiger partial charge in [0.25, 0.3) is 10.1 Å². The van der Waals surface area contributed by atoms with Gasteiger partial charge in [0.05, 0.1) is 20.5 Å². The van der Waals surface area contributed by atoms with Crippen LogP contribution in [0.2, 0.25) is 0 Å². The van der Waals surface area contributed by atoms with Crippen LogP contribution in [0.25, 0.3) is 8.25 Å². The molecule has 0 aliphatic carbocycles. The van der Waals surface area contributed by atoms with Gasteiger partial charge < -0.3 is 8.25 Å². The lowest BCUT2D eigenvalue weighted by molar-refractivity contribution is -0.0448. The van der Waals surface area contributed by atoms with Gasteiger partial charge >= 0.3 is 21.8 Å². The molecular weight excluding hydrogens is 795 g/mol. The second-order valence-electron chi connectivity index (χ2n) is 6.05. The van der Waals surface area contributed by atoms with Crippen LogP contribution in [-0.2, 0) is 64.2 Å². The molecular formula is C10H17F13N2O13S6-2. The Morgan fingerprint density at radius 3 is 0.886 bits per heavy atom. The number of sulfone groups is 1. The molecule has 0 aliphatic heterocycles. The maximum atomic E-state index is 12.1. The fourth-order valence-electron chi connectivity index (χ4n) is 0.449. The molecule has 0 N–H and O–H groups in total. The van der Waals surface area contributed by atoms with E-state index in [0.29, 0.717) is 7.18 Å². The average molecular weight is 813 g/mol. The second kappa shape index (κ2) is 17.5. The van der Waals surface area contributed by atoms with Crippen LogP contribution in [0.1, 0.15) is 6.92 Å². The van der Waals surface area contributed by atoms with Gasteiger partial charge in [-0.05, 0) is 0 Å². The summed E-state index contributed by atoms with van der Waals surface area (Å²) in [6.07, 6.45) is 1.11. The molecule has 0 spiro atoms. The van der Waals surface area contributed by atoms with Crippen LogP contribution in [0.15, 0.2) is 0 Å². The molecule has 0 saturated heterocycles. The highest BCUT2D eigenvalue weighted by atomic mass is 32.3. The summed E-state index contributed by atoms with van der Waals surface area (Å²) >= 11 is 0. The molecule has 0 amide bonds. The fourth-order valence-corrected chi connectivity index (χ4v) is 4.04. The Kier molecular flexibility index (Phi) is 20.8. The molecule has 0 fully saturated rings. The molecule has 0 rings (SSSR count). The first-order chi connectivity index (χ1) is 18.5. The van der Waals surface area contributed by atoms with Crippen molar-refractivity contribution < 1.29 is 112 Å². The van der Waals surface area contributed by atoms with Crippen molar-refractivity contribution in [3.63, 3.8) is 0 Å². The minimum atomic E-state index is -6.72. The van der Waals surface area contributed by atoms with Crippen LogP contribution in [0, 0.1) is 0 Å². The molecule has 0 aromatic rings. The molecule has 0 bridgehead atoms. The SMILES string of the molecule is CC(F)(F)S(=O)(=O)[N-]S(=O)(=O)CF.CF.COS(C)(=O)=O.CS(=O)(=O)C(F)(F)F.O=S(=O)([N-]S(=O)(=O)C(F)(F)F)C(F)(F)F. The minimum absolute atomic E-state index is 0.0560. The lowest BCUT2D eigenvalue weighted by Crippen LogP contribution is -2.30. The Morgan fingerprint density at radius 1 is 0.545 bits per heavy atom. The number of hydrogen-bond donors (Lipinski definition) is 0. The summed E-state index contributed by atoms with van der Waals surface area (Å²) in [4.78, 5) is 0. The molecule has 0 saturated carbocycles. The Balaban J connectivity index is -0.000000159. The number of hydrogen-bond acceptors (Lipinski definition) is 13. The third kappa shape index (κ3) is 23.1. The Hall–Kier alpha value is -1.33. The van der Waals surface area contributed by atoms with Crippen molar-refractivity contribution in [1.82, 2.24) is 0 Å². The summed E-state index contributed by atoms with van der Waals surface area (Å²) in [7, 11) is -30.3. The highest BCUT2D eigenvalue weighted by Gasteiger charge is 2.47. The van der Waals surface area contributed by atoms with Crippen LogP contribution in [0.5, 0.6) is 0 Å². The summed E-state index contributed by atoms with van der Waals surface area (Å²) in [6.45, 7) is -0.0560. The van der Waals surface area contributed by atoms with Gasteiger partial charge in [-0.3, -0.25) is 8.57 Å². The van der Waals surface area contributed by atoms with E-state index in [-0.39, 0.29) is 13.2 Å². The number of alkyl halides is 13. The number of halogens is 13. The van der Waals surface area contributed by atoms with Crippen molar-refractivity contribution in [2.24, 2.45) is 0 Å². The summed E-state index contributed by atoms with van der Waals surface area (Å²) < 4.78 is 273. The lowest BCUT2D eigenvalue weighted by atomic mass is 10.9. The van der Waals surface area contributed by atoms with Crippen molar-refractivity contribution in [2.45, 2.75) is 28.7 Å². The van der Waals surface area contributed by atoms with Gasteiger partial charge in [-0.25, -0.2) is 46.5 Å². The smallest absolute Gasteiger partial charge is 0.429 e. The Morgan fingerprint density at radius 2 is 0.773 bits per heavy atom. The van der Waals surface area contributed by atoms with E-state index >= 15 is 0 Å². The molecule has 0 atom stereocenters. The standard InChI is InChI=1S/C3H5F3NO4S2.C2F6NO4S2.C2H3F3O2S.C2H6O3S.CH3F/c1-3(5,6)13(10,11)7-12(8,9)2-4;3-1(4,5)14(10,11)9-15(12,13)2(6,7)8;1-8(6,7)2(3,4)5;1-5-6(2,3)4;1-2/h2H2,1H3;;1H3;1-2H3;1H3/q2*-1;;;. The molecule has 15 nitrogen and oxygen atoms in total. The van der Waals surface area contributed by atoms with Crippen LogP contribution in [0.4, 0.5) is 57.1 Å². The van der Waals surface area contributed by atoms with Crippen LogP contribution >= 0.6 is 0 Å². The predicted octanol–water partition coefficient (Wildman–Crippen LogP) is 2.35. The quantitative estimate of drug-likeness (QED) is 0.265. The summed E-state index contributed by atoms with van der Waals surface area (Å²) in [5, 5.41) is -4.34. The highest BCUT2D eigenvalue weighted by molar-refractivity contribution is 8.13. The van der Waals surface area contributed by atoms with Gasteiger partial charge in [0.2, 0.25) is 9.84 Å². The van der Waals surface area contributed by atoms with Crippen molar-refractivity contribution in [1.29, 1.82) is 0 Å². The normalized spacial score (nSPS) is 13.8. The fraction of sp³-hybridized carbons (Fsp3) is 1.00. The van der Waals surface area contributed by atoms with E-state index in [1.54, 1.807) is 4.13 Å². The van der Waals surface area contributed by atoms with E-state index in [0.717, 1.165) is 17.5 Å². The molecule has 0 aliphatic rings. The van der Waals surface area contributed by atoms with Crippen molar-refractivity contribution in [3.8, 4) is 0 Å². The maximum Gasteiger partial charge on any atom is 0.497 e. The summed E-state index contributed by atoms with van der Waals surface area (Å²) in [5.41, 5.74) is -17.5. The molecule has 0 radical (unpaired) electrons. The first kappa shape index (κ1) is 52.2. The monoisotopic (exact) mass is 812 g/mol. The third-order valence-corrected chi connectivity index (χ3v) is 9.37. The summed E-state index contributed by atoms with van der Waals surface area (Å²) in [5.74, 6) is 0. The molecule has 274 valence electrons. The van der Waals surface area contributed by atoms with E-state index in [9.17, 15) is 108 Å². The molecule has 0 heterocycles. The maximum absolute atomic E-state index is 12.1. The van der Waals surface area contributed by atoms with Crippen molar-refractivity contribution in [2.75, 3.05) is 32.8 Å². The van der Waals surface area contributed by atoms with E-state index < -0.39 is 87.8 Å². The predicted molar refractivity (Wildman–Crippen MR) is 121 cm³/mol. The van der Waals surface area contributed by atoms with Crippen molar-refractivity contribution >= 4 is 60.0 Å². The van der Waals surface area contributed by atoms with Crippen LogP contribution in [0.3, 0.4) is 0 Å². The second-order valence-corrected chi connectivity index (χ2v) is 16.9.